The number of benzene rings is 1. The van der Waals surface area contributed by atoms with Gasteiger partial charge in [-0.1, -0.05) is 26.0 Å². The monoisotopic (exact) mass is 253 g/mol. The fourth-order valence-corrected chi connectivity index (χ4v) is 1.89. The zero-order valence-electron chi connectivity index (χ0n) is 11.8. The summed E-state index contributed by atoms with van der Waals surface area (Å²) in [6.45, 7) is 10.1. The predicted molar refractivity (Wildman–Crippen MR) is 73.5 cm³/mol. The third-order valence-electron chi connectivity index (χ3n) is 2.83. The molecule has 0 amide bonds. The second-order valence-electron chi connectivity index (χ2n) is 5.01. The van der Waals surface area contributed by atoms with Gasteiger partial charge in [-0.15, -0.1) is 0 Å². The van der Waals surface area contributed by atoms with Crippen molar-refractivity contribution >= 4 is 0 Å². The number of hydrogen-bond acceptors (Lipinski definition) is 2. The quantitative estimate of drug-likeness (QED) is 0.754. The van der Waals surface area contributed by atoms with E-state index in [1.807, 2.05) is 12.1 Å². The Morgan fingerprint density at radius 1 is 1.17 bits per heavy atom. The smallest absolute Gasteiger partial charge is 0.129 e. The summed E-state index contributed by atoms with van der Waals surface area (Å²) >= 11 is 0. The zero-order chi connectivity index (χ0) is 13.5. The van der Waals surface area contributed by atoms with E-state index in [4.69, 9.17) is 4.74 Å². The molecule has 1 aromatic carbocycles. The van der Waals surface area contributed by atoms with Crippen LogP contribution in [-0.4, -0.2) is 25.8 Å². The van der Waals surface area contributed by atoms with Gasteiger partial charge in [0.15, 0.2) is 0 Å². The van der Waals surface area contributed by atoms with Crippen LogP contribution in [0.25, 0.3) is 0 Å². The van der Waals surface area contributed by atoms with Gasteiger partial charge in [-0.25, -0.2) is 4.39 Å². The molecule has 0 spiro atoms. The fraction of sp³-hybridized carbons (Fsp3) is 0.600. The Morgan fingerprint density at radius 3 is 2.33 bits per heavy atom. The van der Waals surface area contributed by atoms with Gasteiger partial charge in [-0.2, -0.15) is 0 Å². The summed E-state index contributed by atoms with van der Waals surface area (Å²) in [5.41, 5.74) is 2.57. The molecule has 0 bridgehead atoms. The van der Waals surface area contributed by atoms with Crippen LogP contribution in [0.5, 0.6) is 0 Å². The van der Waals surface area contributed by atoms with Crippen LogP contribution in [0.4, 0.5) is 4.39 Å². The Labute approximate surface area is 110 Å². The predicted octanol–water partition coefficient (Wildman–Crippen LogP) is 3.00. The molecule has 0 unspecified atom stereocenters. The van der Waals surface area contributed by atoms with E-state index in [0.717, 1.165) is 25.1 Å². The lowest BCUT2D eigenvalue weighted by Gasteiger charge is -2.09. The minimum absolute atomic E-state index is 0.0965. The maximum Gasteiger partial charge on any atom is 0.129 e. The summed E-state index contributed by atoms with van der Waals surface area (Å²) in [7, 11) is 0. The lowest BCUT2D eigenvalue weighted by atomic mass is 10.0. The highest BCUT2D eigenvalue weighted by Gasteiger charge is 2.04. The summed E-state index contributed by atoms with van der Waals surface area (Å²) in [6, 6.07) is 4.30. The van der Waals surface area contributed by atoms with E-state index in [9.17, 15) is 4.39 Å². The van der Waals surface area contributed by atoms with Crippen molar-refractivity contribution in [1.82, 2.24) is 5.32 Å². The molecule has 102 valence electrons. The van der Waals surface area contributed by atoms with Crippen LogP contribution in [0.2, 0.25) is 0 Å². The molecule has 0 heterocycles. The highest BCUT2D eigenvalue weighted by atomic mass is 19.1. The second-order valence-corrected chi connectivity index (χ2v) is 5.01. The van der Waals surface area contributed by atoms with Crippen LogP contribution < -0.4 is 5.32 Å². The van der Waals surface area contributed by atoms with E-state index in [-0.39, 0.29) is 5.82 Å². The first-order valence-electron chi connectivity index (χ1n) is 6.57. The average molecular weight is 253 g/mol. The lowest BCUT2D eigenvalue weighted by molar-refractivity contribution is 0.137. The topological polar surface area (TPSA) is 21.3 Å². The van der Waals surface area contributed by atoms with Gasteiger partial charge in [0, 0.05) is 12.6 Å². The number of nitrogens with one attached hydrogen (secondary N) is 1. The molecule has 0 aromatic heterocycles. The number of aryl methyl sites for hydroxylation is 2. The van der Waals surface area contributed by atoms with E-state index in [1.54, 1.807) is 13.8 Å². The molecule has 0 radical (unpaired) electrons. The van der Waals surface area contributed by atoms with Gasteiger partial charge in [-0.05, 0) is 37.0 Å². The maximum atomic E-state index is 13.4. The van der Waals surface area contributed by atoms with Crippen LogP contribution in [0.1, 0.15) is 30.5 Å². The second kappa shape index (κ2) is 7.49. The van der Waals surface area contributed by atoms with Gasteiger partial charge < -0.3 is 10.1 Å². The number of hydrogen-bond donors (Lipinski definition) is 1. The number of rotatable bonds is 7. The normalized spacial score (nSPS) is 11.2. The van der Waals surface area contributed by atoms with E-state index in [2.05, 4.69) is 19.2 Å². The molecule has 18 heavy (non-hydrogen) atoms. The first kappa shape index (κ1) is 15.1. The molecule has 3 heteroatoms. The van der Waals surface area contributed by atoms with Crippen molar-refractivity contribution in [3.8, 4) is 0 Å². The zero-order valence-corrected chi connectivity index (χ0v) is 11.8. The Hall–Kier alpha value is -0.930. The largest absolute Gasteiger partial charge is 0.380 e. The Kier molecular flexibility index (Phi) is 6.30. The van der Waals surface area contributed by atoms with Crippen molar-refractivity contribution in [1.29, 1.82) is 0 Å². The SMILES string of the molecule is Cc1cc(CCOCCNC(C)C)cc(C)c1F. The van der Waals surface area contributed by atoms with Crippen LogP contribution in [0.3, 0.4) is 0 Å². The molecule has 0 saturated heterocycles. The molecule has 0 atom stereocenters. The molecule has 1 N–H and O–H groups in total. The molecule has 0 aliphatic heterocycles. The lowest BCUT2D eigenvalue weighted by Crippen LogP contribution is -2.26. The third kappa shape index (κ3) is 5.15. The minimum atomic E-state index is -0.0965. The molecule has 1 aromatic rings. The summed E-state index contributed by atoms with van der Waals surface area (Å²) in [6.07, 6.45) is 0.837. The van der Waals surface area contributed by atoms with E-state index in [0.29, 0.717) is 23.8 Å². The summed E-state index contributed by atoms with van der Waals surface area (Å²) < 4.78 is 19.0. The van der Waals surface area contributed by atoms with Crippen LogP contribution in [0.15, 0.2) is 12.1 Å². The Balaban J connectivity index is 2.27. The summed E-state index contributed by atoms with van der Waals surface area (Å²) in [5.74, 6) is -0.0965. The molecule has 1 rings (SSSR count). The standard InChI is InChI=1S/C15H24FNO/c1-11(2)17-6-8-18-7-5-14-9-12(3)15(16)13(4)10-14/h9-11,17H,5-8H2,1-4H3. The van der Waals surface area contributed by atoms with Crippen molar-refractivity contribution in [3.63, 3.8) is 0 Å². The third-order valence-corrected chi connectivity index (χ3v) is 2.83. The maximum absolute atomic E-state index is 13.4. The first-order valence-corrected chi connectivity index (χ1v) is 6.57. The van der Waals surface area contributed by atoms with Crippen molar-refractivity contribution in [2.75, 3.05) is 19.8 Å². The van der Waals surface area contributed by atoms with Gasteiger partial charge in [0.05, 0.1) is 13.2 Å². The van der Waals surface area contributed by atoms with Gasteiger partial charge in [0.1, 0.15) is 5.82 Å². The van der Waals surface area contributed by atoms with Crippen molar-refractivity contribution < 1.29 is 9.13 Å². The van der Waals surface area contributed by atoms with Crippen molar-refractivity contribution in [2.24, 2.45) is 0 Å². The highest BCUT2D eigenvalue weighted by Crippen LogP contribution is 2.15. The fourth-order valence-electron chi connectivity index (χ4n) is 1.89. The van der Waals surface area contributed by atoms with Gasteiger partial charge in [0.25, 0.3) is 0 Å². The van der Waals surface area contributed by atoms with Crippen molar-refractivity contribution in [2.45, 2.75) is 40.2 Å². The molecular weight excluding hydrogens is 229 g/mol. The highest BCUT2D eigenvalue weighted by molar-refractivity contribution is 5.30. The molecule has 2 nitrogen and oxygen atoms in total. The van der Waals surface area contributed by atoms with Crippen LogP contribution >= 0.6 is 0 Å². The molecular formula is C15H24FNO. The molecule has 0 aliphatic carbocycles. The van der Waals surface area contributed by atoms with E-state index >= 15 is 0 Å². The van der Waals surface area contributed by atoms with Gasteiger partial charge >= 0.3 is 0 Å². The summed E-state index contributed by atoms with van der Waals surface area (Å²) in [5, 5.41) is 3.30. The molecule has 0 fully saturated rings. The number of halogens is 1. The summed E-state index contributed by atoms with van der Waals surface area (Å²) in [4.78, 5) is 0. The Morgan fingerprint density at radius 2 is 1.78 bits per heavy atom. The van der Waals surface area contributed by atoms with Crippen LogP contribution in [0, 0.1) is 19.7 Å². The van der Waals surface area contributed by atoms with Gasteiger partial charge in [-0.3, -0.25) is 0 Å². The Bertz CT molecular complexity index is 354. The number of ether oxygens (including phenoxy) is 1. The average Bonchev–Trinajstić information content (AvgIpc) is 2.30. The van der Waals surface area contributed by atoms with E-state index in [1.165, 1.54) is 0 Å². The first-order chi connectivity index (χ1) is 8.50. The van der Waals surface area contributed by atoms with Crippen molar-refractivity contribution in [3.05, 3.63) is 34.6 Å². The van der Waals surface area contributed by atoms with E-state index < -0.39 is 0 Å². The van der Waals surface area contributed by atoms with Crippen LogP contribution in [-0.2, 0) is 11.2 Å². The molecule has 0 saturated carbocycles. The molecule has 0 aliphatic rings. The minimum Gasteiger partial charge on any atom is -0.380 e. The van der Waals surface area contributed by atoms with Gasteiger partial charge in [0.2, 0.25) is 0 Å².